The Labute approximate surface area is 66.4 Å². The highest BCUT2D eigenvalue weighted by Gasteiger charge is 2.26. The molecule has 0 aromatic heterocycles. The maximum absolute atomic E-state index is 10.5. The number of hydrogen-bond donors (Lipinski definition) is 2. The fourth-order valence-corrected chi connectivity index (χ4v) is 0.953. The normalized spacial score (nSPS) is 14.0. The average molecular weight is 161 g/mol. The van der Waals surface area contributed by atoms with Crippen LogP contribution >= 0.6 is 0 Å². The number of nitrogens with zero attached hydrogens (tertiary/aromatic N) is 1. The quantitative estimate of drug-likeness (QED) is 0.599. The zero-order chi connectivity index (χ0) is 9.02. The van der Waals surface area contributed by atoms with E-state index < -0.39 is 12.0 Å². The summed E-state index contributed by atoms with van der Waals surface area (Å²) in [5.41, 5.74) is 0. The van der Waals surface area contributed by atoms with Crippen molar-refractivity contribution in [3.8, 4) is 0 Å². The van der Waals surface area contributed by atoms with Gasteiger partial charge in [0, 0.05) is 6.54 Å². The third-order valence-electron chi connectivity index (χ3n) is 1.53. The second-order valence-electron chi connectivity index (χ2n) is 2.78. The lowest BCUT2D eigenvalue weighted by Gasteiger charge is -2.23. The van der Waals surface area contributed by atoms with Crippen molar-refractivity contribution < 1.29 is 15.1 Å². The van der Waals surface area contributed by atoms with E-state index >= 15 is 0 Å². The molecule has 4 heteroatoms. The maximum atomic E-state index is 10.5. The lowest BCUT2D eigenvalue weighted by atomic mass is 10.0. The van der Waals surface area contributed by atoms with Crippen molar-refractivity contribution >= 4 is 5.97 Å². The summed E-state index contributed by atoms with van der Waals surface area (Å²) in [6.07, 6.45) is 0. The first-order valence-corrected chi connectivity index (χ1v) is 3.69. The van der Waals surface area contributed by atoms with Crippen LogP contribution in [0.3, 0.4) is 0 Å². The van der Waals surface area contributed by atoms with Gasteiger partial charge in [-0.25, -0.2) is 0 Å². The lowest BCUT2D eigenvalue weighted by molar-refractivity contribution is -0.174. The predicted molar refractivity (Wildman–Crippen MR) is 40.4 cm³/mol. The van der Waals surface area contributed by atoms with E-state index in [-0.39, 0.29) is 5.92 Å². The van der Waals surface area contributed by atoms with Crippen LogP contribution in [-0.2, 0) is 4.79 Å². The number of hydroxylamine groups is 2. The second-order valence-corrected chi connectivity index (χ2v) is 2.78. The molecule has 4 nitrogen and oxygen atoms in total. The van der Waals surface area contributed by atoms with Gasteiger partial charge in [0.1, 0.15) is 6.04 Å². The highest BCUT2D eigenvalue weighted by Crippen LogP contribution is 2.08. The molecule has 0 aliphatic carbocycles. The second kappa shape index (κ2) is 4.31. The molecule has 0 aliphatic heterocycles. The Morgan fingerprint density at radius 1 is 1.55 bits per heavy atom. The summed E-state index contributed by atoms with van der Waals surface area (Å²) in [5.74, 6) is -1.07. The van der Waals surface area contributed by atoms with E-state index in [1.807, 2.05) is 0 Å². The number of rotatable bonds is 4. The van der Waals surface area contributed by atoms with Crippen molar-refractivity contribution in [1.29, 1.82) is 0 Å². The van der Waals surface area contributed by atoms with Gasteiger partial charge in [-0.2, -0.15) is 5.06 Å². The molecular formula is C7H15NO3. The molecule has 0 bridgehead atoms. The summed E-state index contributed by atoms with van der Waals surface area (Å²) in [5, 5.41) is 18.6. The van der Waals surface area contributed by atoms with Crippen LogP contribution in [0.2, 0.25) is 0 Å². The minimum atomic E-state index is -0.982. The van der Waals surface area contributed by atoms with E-state index in [4.69, 9.17) is 10.3 Å². The molecule has 0 aromatic carbocycles. The Morgan fingerprint density at radius 3 is 2.09 bits per heavy atom. The minimum absolute atomic E-state index is 0.0857. The standard InChI is InChI=1S/C7H15NO3/c1-4-8(11)6(5(2)3)7(9)10/h5-6,11H,4H2,1-3H3,(H,9,10)/t6-/m0/s1. The van der Waals surface area contributed by atoms with Gasteiger partial charge < -0.3 is 10.3 Å². The van der Waals surface area contributed by atoms with Crippen molar-refractivity contribution in [2.24, 2.45) is 5.92 Å². The first kappa shape index (κ1) is 10.4. The molecule has 0 heterocycles. The number of likely N-dealkylation sites (N-methyl/N-ethyl adjacent to an activating group) is 1. The van der Waals surface area contributed by atoms with Crippen LogP contribution in [0, 0.1) is 5.92 Å². The first-order valence-electron chi connectivity index (χ1n) is 3.69. The smallest absolute Gasteiger partial charge is 0.323 e. The Morgan fingerprint density at radius 2 is 2.00 bits per heavy atom. The van der Waals surface area contributed by atoms with Gasteiger partial charge in [-0.05, 0) is 5.92 Å². The predicted octanol–water partition coefficient (Wildman–Crippen LogP) is 0.807. The molecule has 0 aliphatic rings. The summed E-state index contributed by atoms with van der Waals surface area (Å²) in [6.45, 7) is 5.56. The van der Waals surface area contributed by atoms with Crippen molar-refractivity contribution in [2.75, 3.05) is 6.54 Å². The Balaban J connectivity index is 4.21. The Hall–Kier alpha value is -0.610. The van der Waals surface area contributed by atoms with Gasteiger partial charge in [-0.1, -0.05) is 20.8 Å². The van der Waals surface area contributed by atoms with E-state index in [9.17, 15) is 4.79 Å². The molecule has 2 N–H and O–H groups in total. The van der Waals surface area contributed by atoms with Crippen LogP contribution in [0.25, 0.3) is 0 Å². The van der Waals surface area contributed by atoms with Gasteiger partial charge in [0.15, 0.2) is 0 Å². The van der Waals surface area contributed by atoms with Crippen molar-refractivity contribution in [3.05, 3.63) is 0 Å². The van der Waals surface area contributed by atoms with Crippen molar-refractivity contribution in [3.63, 3.8) is 0 Å². The fraction of sp³-hybridized carbons (Fsp3) is 0.857. The molecule has 1 atom stereocenters. The van der Waals surface area contributed by atoms with Gasteiger partial charge in [0.25, 0.3) is 0 Å². The zero-order valence-electron chi connectivity index (χ0n) is 7.11. The molecule has 0 rings (SSSR count). The third-order valence-corrected chi connectivity index (χ3v) is 1.53. The van der Waals surface area contributed by atoms with Crippen LogP contribution in [0.4, 0.5) is 0 Å². The molecule has 0 fully saturated rings. The van der Waals surface area contributed by atoms with Crippen LogP contribution in [0.1, 0.15) is 20.8 Å². The number of aliphatic carboxylic acids is 1. The summed E-state index contributed by atoms with van der Waals surface area (Å²) >= 11 is 0. The summed E-state index contributed by atoms with van der Waals surface area (Å²) in [4.78, 5) is 10.5. The van der Waals surface area contributed by atoms with Gasteiger partial charge in [0.2, 0.25) is 0 Å². The van der Waals surface area contributed by atoms with Crippen LogP contribution in [0.5, 0.6) is 0 Å². The van der Waals surface area contributed by atoms with E-state index in [1.54, 1.807) is 20.8 Å². The van der Waals surface area contributed by atoms with E-state index in [1.165, 1.54) is 0 Å². The monoisotopic (exact) mass is 161 g/mol. The Bertz CT molecular complexity index is 136. The molecule has 0 saturated heterocycles. The molecule has 0 radical (unpaired) electrons. The molecule has 0 unspecified atom stereocenters. The van der Waals surface area contributed by atoms with Crippen molar-refractivity contribution in [1.82, 2.24) is 5.06 Å². The number of carboxylic acid groups (broad SMARTS) is 1. The first-order chi connectivity index (χ1) is 5.00. The highest BCUT2D eigenvalue weighted by atomic mass is 16.5. The number of hydrogen-bond acceptors (Lipinski definition) is 3. The molecule has 0 amide bonds. The van der Waals surface area contributed by atoms with Crippen molar-refractivity contribution in [2.45, 2.75) is 26.8 Å². The Kier molecular flexibility index (Phi) is 4.07. The molecule has 0 spiro atoms. The zero-order valence-corrected chi connectivity index (χ0v) is 7.11. The van der Waals surface area contributed by atoms with Crippen LogP contribution < -0.4 is 0 Å². The summed E-state index contributed by atoms with van der Waals surface area (Å²) in [6, 6.07) is -0.792. The third kappa shape index (κ3) is 2.86. The minimum Gasteiger partial charge on any atom is -0.480 e. The number of carboxylic acids is 1. The van der Waals surface area contributed by atoms with E-state index in [0.717, 1.165) is 5.06 Å². The largest absolute Gasteiger partial charge is 0.480 e. The van der Waals surface area contributed by atoms with Crippen LogP contribution in [-0.4, -0.2) is 33.9 Å². The molecular weight excluding hydrogens is 146 g/mol. The van der Waals surface area contributed by atoms with Gasteiger partial charge in [-0.3, -0.25) is 4.79 Å². The van der Waals surface area contributed by atoms with Gasteiger partial charge in [0.05, 0.1) is 0 Å². The molecule has 66 valence electrons. The highest BCUT2D eigenvalue weighted by molar-refractivity contribution is 5.73. The molecule has 11 heavy (non-hydrogen) atoms. The molecule has 0 saturated carbocycles. The van der Waals surface area contributed by atoms with E-state index in [0.29, 0.717) is 6.54 Å². The number of carbonyl (C=O) groups is 1. The summed E-state index contributed by atoms with van der Waals surface area (Å²) in [7, 11) is 0. The van der Waals surface area contributed by atoms with Gasteiger partial charge >= 0.3 is 5.97 Å². The SMILES string of the molecule is CCN(O)[C@H](C(=O)O)C(C)C. The average Bonchev–Trinajstić information content (AvgIpc) is 1.85. The fourth-order valence-electron chi connectivity index (χ4n) is 0.953. The van der Waals surface area contributed by atoms with E-state index in [2.05, 4.69) is 0 Å². The van der Waals surface area contributed by atoms with Gasteiger partial charge in [-0.15, -0.1) is 0 Å². The maximum Gasteiger partial charge on any atom is 0.323 e. The molecule has 0 aromatic rings. The van der Waals surface area contributed by atoms with Crippen LogP contribution in [0.15, 0.2) is 0 Å². The topological polar surface area (TPSA) is 60.8 Å². The summed E-state index contributed by atoms with van der Waals surface area (Å²) < 4.78 is 0. The lowest BCUT2D eigenvalue weighted by Crippen LogP contribution is -2.42.